The Kier molecular flexibility index (Phi) is 4.35. The highest BCUT2D eigenvalue weighted by Gasteiger charge is 2.43. The molecule has 0 aromatic carbocycles. The van der Waals surface area contributed by atoms with E-state index in [-0.39, 0.29) is 17.2 Å². The quantitative estimate of drug-likeness (QED) is 0.797. The van der Waals surface area contributed by atoms with Crippen LogP contribution in [-0.4, -0.2) is 25.9 Å². The summed E-state index contributed by atoms with van der Waals surface area (Å²) in [5.74, 6) is 3.40. The number of aromatic nitrogens is 3. The van der Waals surface area contributed by atoms with E-state index >= 15 is 0 Å². The zero-order chi connectivity index (χ0) is 17.6. The second kappa shape index (κ2) is 6.52. The van der Waals surface area contributed by atoms with Gasteiger partial charge in [-0.15, -0.1) is 10.2 Å². The maximum Gasteiger partial charge on any atom is 0.230 e. The van der Waals surface area contributed by atoms with Crippen molar-refractivity contribution in [3.05, 3.63) is 18.4 Å². The number of hydrogen-bond acceptors (Lipinski definition) is 5. The van der Waals surface area contributed by atoms with E-state index in [1.807, 2.05) is 12.1 Å². The van der Waals surface area contributed by atoms with Crippen molar-refractivity contribution in [3.8, 4) is 11.6 Å². The molecule has 2 heterocycles. The number of carbonyl (C=O) groups excluding carboxylic acids is 1. The average Bonchev–Trinajstić information content (AvgIpc) is 3.36. The highest BCUT2D eigenvalue weighted by molar-refractivity contribution is 8.00. The van der Waals surface area contributed by atoms with Crippen molar-refractivity contribution in [2.24, 2.45) is 23.5 Å². The van der Waals surface area contributed by atoms with Crippen LogP contribution in [0.25, 0.3) is 11.6 Å². The Morgan fingerprint density at radius 3 is 2.80 bits per heavy atom. The second-order valence-corrected chi connectivity index (χ2v) is 8.70. The van der Waals surface area contributed by atoms with Gasteiger partial charge in [-0.2, -0.15) is 0 Å². The highest BCUT2D eigenvalue weighted by atomic mass is 32.2. The summed E-state index contributed by atoms with van der Waals surface area (Å²) in [7, 11) is 0. The summed E-state index contributed by atoms with van der Waals surface area (Å²) in [5.41, 5.74) is 5.45. The molecule has 0 unspecified atom stereocenters. The summed E-state index contributed by atoms with van der Waals surface area (Å²) in [5, 5.41) is 9.12. The van der Waals surface area contributed by atoms with Gasteiger partial charge in [0.2, 0.25) is 11.7 Å². The molecule has 2 saturated carbocycles. The van der Waals surface area contributed by atoms with Crippen LogP contribution in [-0.2, 0) is 4.79 Å². The first-order chi connectivity index (χ1) is 12.0. The molecule has 0 saturated heterocycles. The van der Waals surface area contributed by atoms with Crippen LogP contribution in [0.1, 0.15) is 45.6 Å². The average molecular weight is 360 g/mol. The molecule has 4 rings (SSSR count). The van der Waals surface area contributed by atoms with Gasteiger partial charge in [0.25, 0.3) is 0 Å². The Labute approximate surface area is 151 Å². The lowest BCUT2D eigenvalue weighted by Crippen LogP contribution is -2.25. The normalized spacial score (nSPS) is 27.5. The Bertz CT molecular complexity index is 757. The van der Waals surface area contributed by atoms with Gasteiger partial charge in [0.1, 0.15) is 0 Å². The highest BCUT2D eigenvalue weighted by Crippen LogP contribution is 2.53. The molecule has 6 nitrogen and oxygen atoms in total. The third-order valence-electron chi connectivity index (χ3n) is 5.91. The van der Waals surface area contributed by atoms with Crippen molar-refractivity contribution in [2.45, 2.75) is 56.0 Å². The summed E-state index contributed by atoms with van der Waals surface area (Å²) < 4.78 is 7.74. The second-order valence-electron chi connectivity index (χ2n) is 7.40. The van der Waals surface area contributed by atoms with Gasteiger partial charge in [0, 0.05) is 6.04 Å². The van der Waals surface area contributed by atoms with Crippen LogP contribution in [0.3, 0.4) is 0 Å². The number of amides is 1. The molecule has 0 spiro atoms. The number of furan rings is 1. The van der Waals surface area contributed by atoms with Gasteiger partial charge in [-0.25, -0.2) is 0 Å². The van der Waals surface area contributed by atoms with Crippen LogP contribution in [0.2, 0.25) is 0 Å². The molecule has 7 heteroatoms. The number of nitrogens with two attached hydrogens (primary N) is 1. The third kappa shape index (κ3) is 2.99. The maximum absolute atomic E-state index is 11.5. The number of hydrogen-bond donors (Lipinski definition) is 1. The number of thioether (sulfide) groups is 1. The SMILES string of the molecule is C[C@@H](Sc1nnc(-c2ccco2)n1[C@@H](C)[C@H]1C[C@@H]2CC[C@H]1C2)C(N)=O. The minimum absolute atomic E-state index is 0.271. The molecule has 2 N–H and O–H groups in total. The molecular weight excluding hydrogens is 336 g/mol. The zero-order valence-electron chi connectivity index (χ0n) is 14.6. The Balaban J connectivity index is 1.69. The van der Waals surface area contributed by atoms with Gasteiger partial charge in [0.15, 0.2) is 10.9 Å². The topological polar surface area (TPSA) is 86.9 Å². The fraction of sp³-hybridized carbons (Fsp3) is 0.611. The molecule has 1 amide bonds. The molecular formula is C18H24N4O2S. The van der Waals surface area contributed by atoms with Crippen LogP contribution in [0.5, 0.6) is 0 Å². The van der Waals surface area contributed by atoms with Gasteiger partial charge < -0.3 is 10.2 Å². The Hall–Kier alpha value is -1.76. The van der Waals surface area contributed by atoms with Crippen molar-refractivity contribution in [1.29, 1.82) is 0 Å². The summed E-state index contributed by atoms with van der Waals surface area (Å²) in [6.45, 7) is 4.06. The smallest absolute Gasteiger partial charge is 0.230 e. The van der Waals surface area contributed by atoms with Crippen molar-refractivity contribution in [2.75, 3.05) is 0 Å². The van der Waals surface area contributed by atoms with E-state index < -0.39 is 0 Å². The van der Waals surface area contributed by atoms with E-state index in [1.165, 1.54) is 37.4 Å². The molecule has 2 aromatic heterocycles. The van der Waals surface area contributed by atoms with Gasteiger partial charge in [-0.05, 0) is 63.0 Å². The van der Waals surface area contributed by atoms with E-state index in [1.54, 1.807) is 13.2 Å². The maximum atomic E-state index is 11.5. The van der Waals surface area contributed by atoms with Crippen molar-refractivity contribution >= 4 is 17.7 Å². The minimum atomic E-state index is -0.348. The first-order valence-corrected chi connectivity index (χ1v) is 9.87. The summed E-state index contributed by atoms with van der Waals surface area (Å²) >= 11 is 1.38. The fourth-order valence-electron chi connectivity index (χ4n) is 4.59. The van der Waals surface area contributed by atoms with Crippen LogP contribution < -0.4 is 5.73 Å². The van der Waals surface area contributed by atoms with Crippen LogP contribution in [0, 0.1) is 17.8 Å². The zero-order valence-corrected chi connectivity index (χ0v) is 15.4. The Morgan fingerprint density at radius 2 is 2.20 bits per heavy atom. The first-order valence-electron chi connectivity index (χ1n) is 8.99. The lowest BCUT2D eigenvalue weighted by molar-refractivity contribution is -0.117. The largest absolute Gasteiger partial charge is 0.461 e. The molecule has 2 aliphatic rings. The van der Waals surface area contributed by atoms with E-state index in [0.717, 1.165) is 22.8 Å². The van der Waals surface area contributed by atoms with Crippen LogP contribution in [0.4, 0.5) is 0 Å². The standard InChI is InChI=1S/C18H24N4O2S/c1-10(14-9-12-5-6-13(14)8-12)22-17(15-4-3-7-24-15)20-21-18(22)25-11(2)16(19)23/h3-4,7,10-14H,5-6,8-9H2,1-2H3,(H2,19,23)/t10-,11+,12+,13-,14+/m0/s1. The molecule has 5 atom stereocenters. The molecule has 0 radical (unpaired) electrons. The van der Waals surface area contributed by atoms with E-state index in [9.17, 15) is 4.79 Å². The molecule has 2 fully saturated rings. The number of fused-ring (bicyclic) bond motifs is 2. The van der Waals surface area contributed by atoms with Gasteiger partial charge >= 0.3 is 0 Å². The van der Waals surface area contributed by atoms with Crippen molar-refractivity contribution in [1.82, 2.24) is 14.8 Å². The van der Waals surface area contributed by atoms with E-state index in [2.05, 4.69) is 21.7 Å². The van der Waals surface area contributed by atoms with Crippen LogP contribution >= 0.6 is 11.8 Å². The minimum Gasteiger partial charge on any atom is -0.461 e. The molecule has 2 aliphatic carbocycles. The summed E-state index contributed by atoms with van der Waals surface area (Å²) in [6, 6.07) is 4.03. The van der Waals surface area contributed by atoms with Gasteiger partial charge in [-0.1, -0.05) is 18.2 Å². The summed E-state index contributed by atoms with van der Waals surface area (Å²) in [6.07, 6.45) is 6.99. The Morgan fingerprint density at radius 1 is 1.36 bits per heavy atom. The predicted molar refractivity (Wildman–Crippen MR) is 95.9 cm³/mol. The van der Waals surface area contributed by atoms with E-state index in [4.69, 9.17) is 10.2 Å². The molecule has 25 heavy (non-hydrogen) atoms. The molecule has 2 bridgehead atoms. The fourth-order valence-corrected chi connectivity index (χ4v) is 5.48. The number of nitrogens with zero attached hydrogens (tertiary/aromatic N) is 3. The molecule has 134 valence electrons. The first kappa shape index (κ1) is 16.7. The van der Waals surface area contributed by atoms with E-state index in [0.29, 0.717) is 11.7 Å². The van der Waals surface area contributed by atoms with Crippen molar-refractivity contribution in [3.63, 3.8) is 0 Å². The number of carbonyl (C=O) groups is 1. The number of rotatable bonds is 6. The lowest BCUT2D eigenvalue weighted by atomic mass is 9.84. The molecule has 2 aromatic rings. The predicted octanol–water partition coefficient (Wildman–Crippen LogP) is 3.50. The number of primary amides is 1. The third-order valence-corrected chi connectivity index (χ3v) is 6.98. The lowest BCUT2D eigenvalue weighted by Gasteiger charge is -2.30. The monoisotopic (exact) mass is 360 g/mol. The van der Waals surface area contributed by atoms with Gasteiger partial charge in [0.05, 0.1) is 11.5 Å². The van der Waals surface area contributed by atoms with Crippen molar-refractivity contribution < 1.29 is 9.21 Å². The van der Waals surface area contributed by atoms with Crippen LogP contribution in [0.15, 0.2) is 28.0 Å². The molecule has 0 aliphatic heterocycles. The van der Waals surface area contributed by atoms with Gasteiger partial charge in [-0.3, -0.25) is 9.36 Å². The summed E-state index contributed by atoms with van der Waals surface area (Å²) in [4.78, 5) is 11.5.